The molecule has 8 nitrogen and oxygen atoms in total. The molecule has 9 heteroatoms. The Hall–Kier alpha value is -3.04. The summed E-state index contributed by atoms with van der Waals surface area (Å²) in [7, 11) is -3.70. The maximum atomic E-state index is 13.0. The third-order valence-corrected chi connectivity index (χ3v) is 7.31. The number of rotatable bonds is 4. The molecule has 2 aromatic rings. The maximum Gasteiger partial charge on any atom is 0.261 e. The number of hydrogen-bond donors (Lipinski definition) is 2. The number of carbonyl (C=O) groups is 3. The van der Waals surface area contributed by atoms with E-state index >= 15 is 0 Å². The van der Waals surface area contributed by atoms with Crippen molar-refractivity contribution in [2.24, 2.45) is 5.92 Å². The van der Waals surface area contributed by atoms with E-state index < -0.39 is 27.8 Å². The first-order valence-electron chi connectivity index (χ1n) is 9.64. The van der Waals surface area contributed by atoms with E-state index in [-0.39, 0.29) is 34.2 Å². The number of imide groups is 1. The van der Waals surface area contributed by atoms with Gasteiger partial charge in [-0.1, -0.05) is 23.8 Å². The number of fused-ring (bicyclic) bond motifs is 1. The van der Waals surface area contributed by atoms with Gasteiger partial charge in [0.15, 0.2) is 0 Å². The first-order chi connectivity index (χ1) is 14.3. The normalized spacial score (nSPS) is 19.3. The van der Waals surface area contributed by atoms with Crippen LogP contribution in [0.1, 0.15) is 39.1 Å². The molecule has 2 aliphatic rings. The smallest absolute Gasteiger partial charge is 0.261 e. The highest BCUT2D eigenvalue weighted by molar-refractivity contribution is 7.89. The molecule has 2 aliphatic heterocycles. The molecule has 0 radical (unpaired) electrons. The summed E-state index contributed by atoms with van der Waals surface area (Å²) in [4.78, 5) is 36.9. The number of amides is 3. The fraction of sp³-hybridized carbons (Fsp3) is 0.286. The van der Waals surface area contributed by atoms with Gasteiger partial charge in [0.2, 0.25) is 15.9 Å². The summed E-state index contributed by atoms with van der Waals surface area (Å²) >= 11 is 0. The van der Waals surface area contributed by atoms with Crippen LogP contribution in [-0.4, -0.2) is 43.5 Å². The predicted octanol–water partition coefficient (Wildman–Crippen LogP) is 1.92. The van der Waals surface area contributed by atoms with Gasteiger partial charge in [0.25, 0.3) is 11.8 Å². The Balaban J connectivity index is 1.52. The summed E-state index contributed by atoms with van der Waals surface area (Å²) in [5.41, 5.74) is 1.56. The van der Waals surface area contributed by atoms with Crippen LogP contribution in [0.25, 0.3) is 0 Å². The number of hydrogen-bond acceptors (Lipinski definition) is 5. The van der Waals surface area contributed by atoms with Gasteiger partial charge in [-0.05, 0) is 44.0 Å². The van der Waals surface area contributed by atoms with Gasteiger partial charge < -0.3 is 5.32 Å². The van der Waals surface area contributed by atoms with Gasteiger partial charge in [-0.2, -0.15) is 4.31 Å². The van der Waals surface area contributed by atoms with Crippen molar-refractivity contribution >= 4 is 33.4 Å². The highest BCUT2D eigenvalue weighted by Crippen LogP contribution is 2.28. The Labute approximate surface area is 174 Å². The molecule has 0 spiro atoms. The number of carbonyl (C=O) groups excluding carboxylic acids is 3. The average Bonchev–Trinajstić information content (AvgIpc) is 3.03. The first-order valence-corrected chi connectivity index (χ1v) is 11.1. The second-order valence-corrected chi connectivity index (χ2v) is 9.45. The Kier molecular flexibility index (Phi) is 5.17. The van der Waals surface area contributed by atoms with Crippen molar-refractivity contribution in [3.8, 4) is 0 Å². The molecule has 2 N–H and O–H groups in total. The molecule has 4 rings (SSSR count). The summed E-state index contributed by atoms with van der Waals surface area (Å²) < 4.78 is 27.3. The van der Waals surface area contributed by atoms with Gasteiger partial charge in [0, 0.05) is 13.1 Å². The largest absolute Gasteiger partial charge is 0.325 e. The molecule has 0 aromatic heterocycles. The molecular weight excluding hydrogens is 406 g/mol. The zero-order chi connectivity index (χ0) is 21.5. The van der Waals surface area contributed by atoms with Crippen LogP contribution in [0.4, 0.5) is 5.69 Å². The number of sulfonamides is 1. The van der Waals surface area contributed by atoms with Crippen LogP contribution in [0, 0.1) is 12.8 Å². The van der Waals surface area contributed by atoms with Crippen LogP contribution in [0.2, 0.25) is 0 Å². The summed E-state index contributed by atoms with van der Waals surface area (Å²) in [5.74, 6) is -1.99. The Morgan fingerprint density at radius 3 is 2.57 bits per heavy atom. The topological polar surface area (TPSA) is 113 Å². The maximum absolute atomic E-state index is 13.0. The summed E-state index contributed by atoms with van der Waals surface area (Å²) in [6, 6.07) is 11.3. The molecule has 1 saturated heterocycles. The second-order valence-electron chi connectivity index (χ2n) is 7.52. The monoisotopic (exact) mass is 427 g/mol. The summed E-state index contributed by atoms with van der Waals surface area (Å²) in [6.07, 6.45) is 1.08. The van der Waals surface area contributed by atoms with Crippen LogP contribution >= 0.6 is 0 Å². The average molecular weight is 427 g/mol. The van der Waals surface area contributed by atoms with Gasteiger partial charge >= 0.3 is 0 Å². The van der Waals surface area contributed by atoms with Crippen LogP contribution in [0.5, 0.6) is 0 Å². The van der Waals surface area contributed by atoms with Crippen molar-refractivity contribution < 1.29 is 22.8 Å². The van der Waals surface area contributed by atoms with Gasteiger partial charge in [0.05, 0.1) is 27.6 Å². The van der Waals surface area contributed by atoms with Crippen LogP contribution in [-0.2, 0) is 14.8 Å². The molecule has 30 heavy (non-hydrogen) atoms. The van der Waals surface area contributed by atoms with E-state index in [0.717, 1.165) is 5.56 Å². The van der Waals surface area contributed by atoms with E-state index in [0.29, 0.717) is 19.4 Å². The number of benzene rings is 2. The number of aryl methyl sites for hydroxylation is 1. The molecule has 3 amide bonds. The molecule has 1 fully saturated rings. The van der Waals surface area contributed by atoms with Gasteiger partial charge in [-0.3, -0.25) is 19.7 Å². The minimum Gasteiger partial charge on any atom is -0.325 e. The lowest BCUT2D eigenvalue weighted by atomic mass is 9.98. The minimum absolute atomic E-state index is 0.0577. The number of nitrogens with one attached hydrogen (secondary N) is 2. The van der Waals surface area contributed by atoms with Gasteiger partial charge in [0.1, 0.15) is 0 Å². The van der Waals surface area contributed by atoms with Crippen molar-refractivity contribution in [3.63, 3.8) is 0 Å². The standard InChI is InChI=1S/C21H21N3O5S/c1-13-7-9-15(10-8-13)30(28,29)24-11-3-4-14(12-24)19(25)22-17-6-2-5-16-18(17)21(27)23-20(16)26/h2,5-10,14H,3-4,11-12H2,1H3,(H,22,25)(H,23,26,27). The van der Waals surface area contributed by atoms with E-state index in [2.05, 4.69) is 10.6 Å². The zero-order valence-corrected chi connectivity index (χ0v) is 17.2. The molecule has 156 valence electrons. The highest BCUT2D eigenvalue weighted by atomic mass is 32.2. The quantitative estimate of drug-likeness (QED) is 0.724. The van der Waals surface area contributed by atoms with E-state index in [1.54, 1.807) is 36.4 Å². The lowest BCUT2D eigenvalue weighted by Gasteiger charge is -2.31. The zero-order valence-electron chi connectivity index (χ0n) is 16.3. The molecule has 2 heterocycles. The van der Waals surface area contributed by atoms with E-state index in [1.165, 1.54) is 10.4 Å². The van der Waals surface area contributed by atoms with E-state index in [9.17, 15) is 22.8 Å². The molecule has 0 bridgehead atoms. The van der Waals surface area contributed by atoms with Crippen LogP contribution in [0.15, 0.2) is 47.4 Å². The van der Waals surface area contributed by atoms with Crippen LogP contribution in [0.3, 0.4) is 0 Å². The lowest BCUT2D eigenvalue weighted by molar-refractivity contribution is -0.120. The van der Waals surface area contributed by atoms with Gasteiger partial charge in [-0.25, -0.2) is 8.42 Å². The summed E-state index contributed by atoms with van der Waals surface area (Å²) in [6.45, 7) is 2.28. The predicted molar refractivity (Wildman–Crippen MR) is 110 cm³/mol. The third-order valence-electron chi connectivity index (χ3n) is 5.43. The molecular formula is C21H21N3O5S. The Morgan fingerprint density at radius 1 is 1.10 bits per heavy atom. The fourth-order valence-electron chi connectivity index (χ4n) is 3.79. The molecule has 1 atom stereocenters. The second kappa shape index (κ2) is 7.66. The minimum atomic E-state index is -3.70. The van der Waals surface area contributed by atoms with Crippen molar-refractivity contribution in [2.75, 3.05) is 18.4 Å². The van der Waals surface area contributed by atoms with Crippen molar-refractivity contribution in [2.45, 2.75) is 24.7 Å². The van der Waals surface area contributed by atoms with Gasteiger partial charge in [-0.15, -0.1) is 0 Å². The molecule has 0 saturated carbocycles. The Morgan fingerprint density at radius 2 is 1.83 bits per heavy atom. The summed E-state index contributed by atoms with van der Waals surface area (Å²) in [5, 5.41) is 4.92. The van der Waals surface area contributed by atoms with Crippen molar-refractivity contribution in [1.82, 2.24) is 9.62 Å². The SMILES string of the molecule is Cc1ccc(S(=O)(=O)N2CCCC(C(=O)Nc3cccc4c3C(=O)NC4=O)C2)cc1. The number of anilines is 1. The first kappa shape index (κ1) is 20.2. The number of piperidine rings is 1. The van der Waals surface area contributed by atoms with Crippen LogP contribution < -0.4 is 10.6 Å². The van der Waals surface area contributed by atoms with E-state index in [4.69, 9.17) is 0 Å². The molecule has 2 aromatic carbocycles. The van der Waals surface area contributed by atoms with Crippen molar-refractivity contribution in [3.05, 3.63) is 59.2 Å². The molecule has 1 unspecified atom stereocenters. The highest BCUT2D eigenvalue weighted by Gasteiger charge is 2.35. The van der Waals surface area contributed by atoms with Crippen molar-refractivity contribution in [1.29, 1.82) is 0 Å². The van der Waals surface area contributed by atoms with E-state index in [1.807, 2.05) is 6.92 Å². The fourth-order valence-corrected chi connectivity index (χ4v) is 5.32. The molecule has 0 aliphatic carbocycles. The Bertz CT molecular complexity index is 1140. The number of nitrogens with zero attached hydrogens (tertiary/aromatic N) is 1. The lowest BCUT2D eigenvalue weighted by Crippen LogP contribution is -2.43. The third kappa shape index (κ3) is 3.61.